The predicted molar refractivity (Wildman–Crippen MR) is 83.7 cm³/mol. The Morgan fingerprint density at radius 2 is 1.35 bits per heavy atom. The van der Waals surface area contributed by atoms with Crippen LogP contribution in [0.15, 0.2) is 60.7 Å². The van der Waals surface area contributed by atoms with Crippen molar-refractivity contribution in [3.8, 4) is 0 Å². The van der Waals surface area contributed by atoms with E-state index in [0.29, 0.717) is 12.6 Å². The molecule has 0 fully saturated rings. The Kier molecular flexibility index (Phi) is 5.78. The summed E-state index contributed by atoms with van der Waals surface area (Å²) in [5.74, 6) is 0. The zero-order chi connectivity index (χ0) is 14.2. The van der Waals surface area contributed by atoms with Crippen LogP contribution in [0.3, 0.4) is 0 Å². The van der Waals surface area contributed by atoms with Crippen molar-refractivity contribution in [2.45, 2.75) is 25.4 Å². The molecule has 0 spiro atoms. The van der Waals surface area contributed by atoms with Gasteiger partial charge in [0.15, 0.2) is 0 Å². The third-order valence-electron chi connectivity index (χ3n) is 3.55. The number of hydrogen-bond acceptors (Lipinski definition) is 2. The maximum atomic E-state index is 5.38. The molecule has 0 saturated heterocycles. The summed E-state index contributed by atoms with van der Waals surface area (Å²) in [5, 5.41) is 3.71. The minimum absolute atomic E-state index is 0.214. The first-order valence-electron chi connectivity index (χ1n) is 7.20. The standard InChI is InChI=1S/C18H23NO/c1-3-17(15-10-6-4-7-11-15)19-18(14-20-2)16-12-8-5-9-13-16/h4-13,17-19H,3,14H2,1-2H3. The summed E-state index contributed by atoms with van der Waals surface area (Å²) < 4.78 is 5.38. The van der Waals surface area contributed by atoms with Gasteiger partial charge in [0.2, 0.25) is 0 Å². The summed E-state index contributed by atoms with van der Waals surface area (Å²) in [6.07, 6.45) is 1.05. The van der Waals surface area contributed by atoms with E-state index >= 15 is 0 Å². The van der Waals surface area contributed by atoms with Gasteiger partial charge in [-0.15, -0.1) is 0 Å². The number of rotatable bonds is 7. The molecular weight excluding hydrogens is 246 g/mol. The fraction of sp³-hybridized carbons (Fsp3) is 0.333. The zero-order valence-corrected chi connectivity index (χ0v) is 12.3. The average Bonchev–Trinajstić information content (AvgIpc) is 2.53. The van der Waals surface area contributed by atoms with Crippen molar-refractivity contribution in [2.75, 3.05) is 13.7 Å². The topological polar surface area (TPSA) is 21.3 Å². The molecule has 20 heavy (non-hydrogen) atoms. The molecule has 106 valence electrons. The lowest BCUT2D eigenvalue weighted by Gasteiger charge is -2.25. The van der Waals surface area contributed by atoms with Crippen molar-refractivity contribution in [2.24, 2.45) is 0 Å². The number of hydrogen-bond donors (Lipinski definition) is 1. The summed E-state index contributed by atoms with van der Waals surface area (Å²) >= 11 is 0. The first kappa shape index (κ1) is 14.8. The molecule has 0 bridgehead atoms. The van der Waals surface area contributed by atoms with Gasteiger partial charge < -0.3 is 10.1 Å². The van der Waals surface area contributed by atoms with Crippen molar-refractivity contribution in [3.05, 3.63) is 71.8 Å². The first-order valence-corrected chi connectivity index (χ1v) is 7.20. The largest absolute Gasteiger partial charge is 0.383 e. The second-order valence-corrected chi connectivity index (χ2v) is 4.96. The number of nitrogens with one attached hydrogen (secondary N) is 1. The van der Waals surface area contributed by atoms with E-state index in [1.54, 1.807) is 7.11 Å². The highest BCUT2D eigenvalue weighted by Gasteiger charge is 2.16. The number of methoxy groups -OCH3 is 1. The molecule has 0 heterocycles. The summed E-state index contributed by atoms with van der Waals surface area (Å²) in [6, 6.07) is 21.6. The molecule has 2 atom stereocenters. The van der Waals surface area contributed by atoms with Crippen LogP contribution in [0, 0.1) is 0 Å². The molecule has 0 aliphatic heterocycles. The fourth-order valence-electron chi connectivity index (χ4n) is 2.47. The minimum Gasteiger partial charge on any atom is -0.383 e. The van der Waals surface area contributed by atoms with Crippen LogP contribution in [0.4, 0.5) is 0 Å². The Bertz CT molecular complexity index is 483. The van der Waals surface area contributed by atoms with Gasteiger partial charge in [-0.2, -0.15) is 0 Å². The van der Waals surface area contributed by atoms with Gasteiger partial charge in [0.05, 0.1) is 12.6 Å². The molecule has 0 aliphatic rings. The molecule has 0 amide bonds. The van der Waals surface area contributed by atoms with E-state index in [1.165, 1.54) is 11.1 Å². The van der Waals surface area contributed by atoms with Crippen molar-refractivity contribution >= 4 is 0 Å². The summed E-state index contributed by atoms with van der Waals surface area (Å²) in [5.41, 5.74) is 2.59. The number of ether oxygens (including phenoxy) is 1. The quantitative estimate of drug-likeness (QED) is 0.816. The van der Waals surface area contributed by atoms with E-state index in [0.717, 1.165) is 6.42 Å². The third-order valence-corrected chi connectivity index (χ3v) is 3.55. The molecule has 2 aromatic rings. The lowest BCUT2D eigenvalue weighted by Crippen LogP contribution is -2.29. The minimum atomic E-state index is 0.214. The maximum absolute atomic E-state index is 5.38. The van der Waals surface area contributed by atoms with E-state index in [2.05, 4.69) is 66.8 Å². The van der Waals surface area contributed by atoms with Crippen LogP contribution in [0.2, 0.25) is 0 Å². The molecule has 0 radical (unpaired) electrons. The molecular formula is C18H23NO. The van der Waals surface area contributed by atoms with Crippen molar-refractivity contribution in [1.29, 1.82) is 0 Å². The molecule has 0 aliphatic carbocycles. The molecule has 0 aromatic heterocycles. The normalized spacial score (nSPS) is 13.9. The maximum Gasteiger partial charge on any atom is 0.0657 e. The monoisotopic (exact) mass is 269 g/mol. The van der Waals surface area contributed by atoms with Crippen LogP contribution in [0.5, 0.6) is 0 Å². The molecule has 1 N–H and O–H groups in total. The van der Waals surface area contributed by atoms with E-state index < -0.39 is 0 Å². The SMILES string of the molecule is CCC(NC(COC)c1ccccc1)c1ccccc1. The van der Waals surface area contributed by atoms with Crippen LogP contribution < -0.4 is 5.32 Å². The predicted octanol–water partition coefficient (Wildman–Crippen LogP) is 4.12. The van der Waals surface area contributed by atoms with Crippen LogP contribution >= 0.6 is 0 Å². The van der Waals surface area contributed by atoms with E-state index in [1.807, 2.05) is 6.07 Å². The average molecular weight is 269 g/mol. The van der Waals surface area contributed by atoms with Crippen molar-refractivity contribution in [3.63, 3.8) is 0 Å². The molecule has 0 saturated carbocycles. The smallest absolute Gasteiger partial charge is 0.0657 e. The second-order valence-electron chi connectivity index (χ2n) is 4.96. The Morgan fingerprint density at radius 3 is 1.80 bits per heavy atom. The molecule has 2 unspecified atom stereocenters. The van der Waals surface area contributed by atoms with Gasteiger partial charge in [0, 0.05) is 13.2 Å². The lowest BCUT2D eigenvalue weighted by molar-refractivity contribution is 0.160. The summed E-state index contributed by atoms with van der Waals surface area (Å²) in [4.78, 5) is 0. The zero-order valence-electron chi connectivity index (χ0n) is 12.3. The van der Waals surface area contributed by atoms with E-state index in [-0.39, 0.29) is 6.04 Å². The molecule has 2 heteroatoms. The molecule has 2 nitrogen and oxygen atoms in total. The van der Waals surface area contributed by atoms with E-state index in [9.17, 15) is 0 Å². The van der Waals surface area contributed by atoms with E-state index in [4.69, 9.17) is 4.74 Å². The Labute approximate surface area is 121 Å². The highest BCUT2D eigenvalue weighted by Crippen LogP contribution is 2.22. The molecule has 2 rings (SSSR count). The van der Waals surface area contributed by atoms with Crippen LogP contribution in [0.25, 0.3) is 0 Å². The van der Waals surface area contributed by atoms with Gasteiger partial charge >= 0.3 is 0 Å². The van der Waals surface area contributed by atoms with Crippen LogP contribution in [-0.2, 0) is 4.74 Å². The van der Waals surface area contributed by atoms with Gasteiger partial charge in [0.25, 0.3) is 0 Å². The number of benzene rings is 2. The van der Waals surface area contributed by atoms with Crippen molar-refractivity contribution in [1.82, 2.24) is 5.32 Å². The van der Waals surface area contributed by atoms with Gasteiger partial charge in [0.1, 0.15) is 0 Å². The highest BCUT2D eigenvalue weighted by atomic mass is 16.5. The van der Waals surface area contributed by atoms with Crippen LogP contribution in [0.1, 0.15) is 36.6 Å². The lowest BCUT2D eigenvalue weighted by atomic mass is 10.0. The highest BCUT2D eigenvalue weighted by molar-refractivity contribution is 5.22. The third kappa shape index (κ3) is 3.92. The second kappa shape index (κ2) is 7.83. The Balaban J connectivity index is 2.14. The fourth-order valence-corrected chi connectivity index (χ4v) is 2.47. The van der Waals surface area contributed by atoms with Crippen molar-refractivity contribution < 1.29 is 4.74 Å². The first-order chi connectivity index (χ1) is 9.85. The van der Waals surface area contributed by atoms with Gasteiger partial charge in [-0.1, -0.05) is 67.6 Å². The van der Waals surface area contributed by atoms with Crippen LogP contribution in [-0.4, -0.2) is 13.7 Å². The molecule has 2 aromatic carbocycles. The Hall–Kier alpha value is -1.64. The van der Waals surface area contributed by atoms with Gasteiger partial charge in [-0.25, -0.2) is 0 Å². The summed E-state index contributed by atoms with van der Waals surface area (Å²) in [6.45, 7) is 2.88. The van der Waals surface area contributed by atoms with Gasteiger partial charge in [-0.3, -0.25) is 0 Å². The van der Waals surface area contributed by atoms with Gasteiger partial charge in [-0.05, 0) is 17.5 Å². The Morgan fingerprint density at radius 1 is 0.850 bits per heavy atom. The summed E-state index contributed by atoms with van der Waals surface area (Å²) in [7, 11) is 1.75.